The van der Waals surface area contributed by atoms with Crippen LogP contribution in [-0.4, -0.2) is 37.1 Å². The average molecular weight is 248 g/mol. The largest absolute Gasteiger partial charge is 0.398 e. The molecule has 2 N–H and O–H groups in total. The van der Waals surface area contributed by atoms with Gasteiger partial charge in [-0.15, -0.1) is 0 Å². The molecule has 1 saturated heterocycles. The van der Waals surface area contributed by atoms with Crippen molar-refractivity contribution in [3.05, 3.63) is 29.3 Å². The minimum atomic E-state index is 0.0116. The van der Waals surface area contributed by atoms with E-state index in [9.17, 15) is 4.79 Å². The van der Waals surface area contributed by atoms with Crippen molar-refractivity contribution in [1.29, 1.82) is 0 Å². The van der Waals surface area contributed by atoms with Gasteiger partial charge in [-0.25, -0.2) is 0 Å². The van der Waals surface area contributed by atoms with Crippen LogP contribution in [0.1, 0.15) is 28.8 Å². The van der Waals surface area contributed by atoms with Crippen molar-refractivity contribution in [3.63, 3.8) is 0 Å². The van der Waals surface area contributed by atoms with Gasteiger partial charge in [0.2, 0.25) is 0 Å². The smallest absolute Gasteiger partial charge is 0.256 e. The molecule has 1 aromatic carbocycles. The van der Waals surface area contributed by atoms with Crippen molar-refractivity contribution in [2.45, 2.75) is 25.8 Å². The first kappa shape index (κ1) is 12.9. The molecule has 1 aliphatic rings. The van der Waals surface area contributed by atoms with Crippen LogP contribution >= 0.6 is 0 Å². The number of carbonyl (C=O) groups is 1. The minimum Gasteiger partial charge on any atom is -0.398 e. The third-order valence-electron chi connectivity index (χ3n) is 3.58. The Bertz CT molecular complexity index is 419. The Balaban J connectivity index is 2.19. The molecule has 98 valence electrons. The maximum atomic E-state index is 12.5. The first-order chi connectivity index (χ1) is 8.61. The summed E-state index contributed by atoms with van der Waals surface area (Å²) in [5.74, 6) is 0.0116. The molecule has 0 aromatic heterocycles. The summed E-state index contributed by atoms with van der Waals surface area (Å²) >= 11 is 0. The molecule has 4 heteroatoms. The van der Waals surface area contributed by atoms with Crippen LogP contribution in [0, 0.1) is 6.92 Å². The monoisotopic (exact) mass is 248 g/mol. The first-order valence-corrected chi connectivity index (χ1v) is 6.31. The fourth-order valence-electron chi connectivity index (χ4n) is 2.40. The number of amides is 1. The van der Waals surface area contributed by atoms with Crippen LogP contribution in [0.3, 0.4) is 0 Å². The number of ether oxygens (including phenoxy) is 1. The molecule has 0 radical (unpaired) electrons. The summed E-state index contributed by atoms with van der Waals surface area (Å²) in [5.41, 5.74) is 8.03. The maximum Gasteiger partial charge on any atom is 0.256 e. The zero-order chi connectivity index (χ0) is 13.1. The quantitative estimate of drug-likeness (QED) is 0.812. The fraction of sp³-hybridized carbons (Fsp3) is 0.500. The van der Waals surface area contributed by atoms with Gasteiger partial charge in [-0.1, -0.05) is 12.1 Å². The van der Waals surface area contributed by atoms with Gasteiger partial charge in [-0.3, -0.25) is 4.79 Å². The van der Waals surface area contributed by atoms with Gasteiger partial charge in [0.05, 0.1) is 5.56 Å². The molecule has 0 aliphatic carbocycles. The van der Waals surface area contributed by atoms with E-state index in [0.717, 1.165) is 31.6 Å². The van der Waals surface area contributed by atoms with Gasteiger partial charge in [0, 0.05) is 32.0 Å². The van der Waals surface area contributed by atoms with Gasteiger partial charge < -0.3 is 15.4 Å². The van der Waals surface area contributed by atoms with Crippen molar-refractivity contribution in [1.82, 2.24) is 4.90 Å². The van der Waals surface area contributed by atoms with Gasteiger partial charge in [-0.2, -0.15) is 0 Å². The molecule has 2 rings (SSSR count). The zero-order valence-electron chi connectivity index (χ0n) is 11.0. The number of hydrogen-bond acceptors (Lipinski definition) is 3. The molecule has 1 aromatic rings. The normalized spacial score (nSPS) is 16.6. The Morgan fingerprint density at radius 2 is 2.06 bits per heavy atom. The Morgan fingerprint density at radius 3 is 2.67 bits per heavy atom. The van der Waals surface area contributed by atoms with Gasteiger partial charge in [0.1, 0.15) is 0 Å². The molecule has 0 bridgehead atoms. The number of rotatable bonds is 2. The molecule has 18 heavy (non-hydrogen) atoms. The van der Waals surface area contributed by atoms with Gasteiger partial charge >= 0.3 is 0 Å². The molecule has 0 saturated carbocycles. The SMILES string of the molecule is Cc1cccc(N)c1C(=O)N(C)C1CCOCC1. The number of aryl methyl sites for hydroxylation is 1. The van der Waals surface area contributed by atoms with E-state index in [0.29, 0.717) is 11.3 Å². The summed E-state index contributed by atoms with van der Waals surface area (Å²) in [6.45, 7) is 3.37. The molecular weight excluding hydrogens is 228 g/mol. The zero-order valence-corrected chi connectivity index (χ0v) is 11.0. The lowest BCUT2D eigenvalue weighted by molar-refractivity contribution is 0.0362. The number of carbonyl (C=O) groups excluding carboxylic acids is 1. The summed E-state index contributed by atoms with van der Waals surface area (Å²) in [5, 5.41) is 0. The Labute approximate surface area is 108 Å². The van der Waals surface area contributed by atoms with Crippen LogP contribution in [0.25, 0.3) is 0 Å². The third kappa shape index (κ3) is 2.48. The highest BCUT2D eigenvalue weighted by Crippen LogP contribution is 2.21. The fourth-order valence-corrected chi connectivity index (χ4v) is 2.40. The van der Waals surface area contributed by atoms with E-state index in [2.05, 4.69) is 0 Å². The second kappa shape index (κ2) is 5.40. The van der Waals surface area contributed by atoms with Crippen molar-refractivity contribution in [2.75, 3.05) is 26.0 Å². The lowest BCUT2D eigenvalue weighted by Gasteiger charge is -2.31. The van der Waals surface area contributed by atoms with E-state index in [1.807, 2.05) is 26.1 Å². The number of benzene rings is 1. The predicted molar refractivity (Wildman–Crippen MR) is 71.5 cm³/mol. The lowest BCUT2D eigenvalue weighted by atomic mass is 10.0. The number of nitrogen functional groups attached to an aromatic ring is 1. The van der Waals surface area contributed by atoms with Crippen molar-refractivity contribution < 1.29 is 9.53 Å². The second-order valence-electron chi connectivity index (χ2n) is 4.80. The summed E-state index contributed by atoms with van der Waals surface area (Å²) in [7, 11) is 1.85. The van der Waals surface area contributed by atoms with E-state index in [4.69, 9.17) is 10.5 Å². The van der Waals surface area contributed by atoms with Crippen LogP contribution < -0.4 is 5.73 Å². The predicted octanol–water partition coefficient (Wildman–Crippen LogP) is 1.83. The molecule has 1 aliphatic heterocycles. The topological polar surface area (TPSA) is 55.6 Å². The maximum absolute atomic E-state index is 12.5. The summed E-state index contributed by atoms with van der Waals surface area (Å²) < 4.78 is 5.32. The Kier molecular flexibility index (Phi) is 3.87. The van der Waals surface area contributed by atoms with Crippen LogP contribution in [0.2, 0.25) is 0 Å². The van der Waals surface area contributed by atoms with E-state index in [-0.39, 0.29) is 11.9 Å². The first-order valence-electron chi connectivity index (χ1n) is 6.31. The average Bonchev–Trinajstić information content (AvgIpc) is 2.38. The number of anilines is 1. The minimum absolute atomic E-state index is 0.0116. The van der Waals surface area contributed by atoms with Crippen molar-refractivity contribution >= 4 is 11.6 Å². The molecule has 1 heterocycles. The third-order valence-corrected chi connectivity index (χ3v) is 3.58. The van der Waals surface area contributed by atoms with E-state index < -0.39 is 0 Å². The summed E-state index contributed by atoms with van der Waals surface area (Å²) in [4.78, 5) is 14.3. The number of nitrogens with zero attached hydrogens (tertiary/aromatic N) is 1. The van der Waals surface area contributed by atoms with Crippen LogP contribution in [0.5, 0.6) is 0 Å². The van der Waals surface area contributed by atoms with Gasteiger partial charge in [0.15, 0.2) is 0 Å². The molecule has 0 atom stereocenters. The summed E-state index contributed by atoms with van der Waals surface area (Å²) in [6.07, 6.45) is 1.79. The molecule has 1 amide bonds. The van der Waals surface area contributed by atoms with Gasteiger partial charge in [-0.05, 0) is 31.4 Å². The Morgan fingerprint density at radius 1 is 1.39 bits per heavy atom. The lowest BCUT2D eigenvalue weighted by Crippen LogP contribution is -2.41. The number of hydrogen-bond donors (Lipinski definition) is 1. The summed E-state index contributed by atoms with van der Waals surface area (Å²) in [6, 6.07) is 5.82. The Hall–Kier alpha value is -1.55. The van der Waals surface area contributed by atoms with Gasteiger partial charge in [0.25, 0.3) is 5.91 Å². The van der Waals surface area contributed by atoms with Crippen LogP contribution in [0.15, 0.2) is 18.2 Å². The van der Waals surface area contributed by atoms with E-state index >= 15 is 0 Å². The highest BCUT2D eigenvalue weighted by atomic mass is 16.5. The van der Waals surface area contributed by atoms with E-state index in [1.54, 1.807) is 11.0 Å². The van der Waals surface area contributed by atoms with E-state index in [1.165, 1.54) is 0 Å². The number of nitrogens with two attached hydrogens (primary N) is 1. The second-order valence-corrected chi connectivity index (χ2v) is 4.80. The molecule has 0 unspecified atom stereocenters. The van der Waals surface area contributed by atoms with Crippen LogP contribution in [0.4, 0.5) is 5.69 Å². The molecular formula is C14H20N2O2. The molecule has 4 nitrogen and oxygen atoms in total. The highest BCUT2D eigenvalue weighted by molar-refractivity contribution is 6.00. The van der Waals surface area contributed by atoms with Crippen molar-refractivity contribution in [3.8, 4) is 0 Å². The highest BCUT2D eigenvalue weighted by Gasteiger charge is 2.25. The standard InChI is InChI=1S/C14H20N2O2/c1-10-4-3-5-12(15)13(10)14(17)16(2)11-6-8-18-9-7-11/h3-5,11H,6-9,15H2,1-2H3. The van der Waals surface area contributed by atoms with Crippen LogP contribution in [-0.2, 0) is 4.74 Å². The molecule has 0 spiro atoms. The van der Waals surface area contributed by atoms with Crippen molar-refractivity contribution in [2.24, 2.45) is 0 Å². The molecule has 1 fully saturated rings.